The molecule has 5 heteroatoms. The highest BCUT2D eigenvalue weighted by Gasteiger charge is 2.20. The SMILES string of the molecule is CC(C)N(Cc1cccc(Cl)c1)C(=O)c1cc(Cl)ccn1. The molecule has 2 rings (SSSR count). The summed E-state index contributed by atoms with van der Waals surface area (Å²) in [5.74, 6) is -0.146. The summed E-state index contributed by atoms with van der Waals surface area (Å²) in [5.41, 5.74) is 1.32. The summed E-state index contributed by atoms with van der Waals surface area (Å²) in [4.78, 5) is 18.4. The fraction of sp³-hybridized carbons (Fsp3) is 0.250. The third-order valence-electron chi connectivity index (χ3n) is 3.07. The molecule has 0 spiro atoms. The Balaban J connectivity index is 2.25. The lowest BCUT2D eigenvalue weighted by Crippen LogP contribution is -2.36. The number of aromatic nitrogens is 1. The maximum atomic E-state index is 12.6. The Bertz CT molecular complexity index is 644. The summed E-state index contributed by atoms with van der Waals surface area (Å²) in [6, 6.07) is 10.8. The van der Waals surface area contributed by atoms with Crippen LogP contribution in [0.5, 0.6) is 0 Å². The van der Waals surface area contributed by atoms with Gasteiger partial charge >= 0.3 is 0 Å². The van der Waals surface area contributed by atoms with Crippen LogP contribution in [0, 0.1) is 0 Å². The van der Waals surface area contributed by atoms with Crippen molar-refractivity contribution in [3.63, 3.8) is 0 Å². The molecule has 21 heavy (non-hydrogen) atoms. The number of amides is 1. The minimum absolute atomic E-state index is 0.0391. The molecule has 110 valence electrons. The van der Waals surface area contributed by atoms with Crippen LogP contribution in [0.2, 0.25) is 10.0 Å². The smallest absolute Gasteiger partial charge is 0.273 e. The van der Waals surface area contributed by atoms with Crippen LogP contribution in [0.1, 0.15) is 29.9 Å². The Morgan fingerprint density at radius 2 is 1.90 bits per heavy atom. The fourth-order valence-electron chi connectivity index (χ4n) is 1.99. The Kier molecular flexibility index (Phi) is 5.21. The lowest BCUT2D eigenvalue weighted by Gasteiger charge is -2.26. The topological polar surface area (TPSA) is 33.2 Å². The number of hydrogen-bond acceptors (Lipinski definition) is 2. The Labute approximate surface area is 134 Å². The van der Waals surface area contributed by atoms with Gasteiger partial charge in [0.2, 0.25) is 0 Å². The van der Waals surface area contributed by atoms with Crippen LogP contribution in [0.15, 0.2) is 42.6 Å². The van der Waals surface area contributed by atoms with Crippen molar-refractivity contribution in [1.29, 1.82) is 0 Å². The van der Waals surface area contributed by atoms with Crippen LogP contribution < -0.4 is 0 Å². The quantitative estimate of drug-likeness (QED) is 0.833. The van der Waals surface area contributed by atoms with Gasteiger partial charge in [0.15, 0.2) is 0 Å². The number of hydrogen-bond donors (Lipinski definition) is 0. The molecule has 0 aliphatic heterocycles. The Hall–Kier alpha value is -1.58. The van der Waals surface area contributed by atoms with Crippen molar-refractivity contribution >= 4 is 29.1 Å². The van der Waals surface area contributed by atoms with Crippen molar-refractivity contribution in [1.82, 2.24) is 9.88 Å². The molecule has 0 saturated heterocycles. The molecule has 0 fully saturated rings. The average molecular weight is 323 g/mol. The molecule has 1 heterocycles. The van der Waals surface area contributed by atoms with Crippen molar-refractivity contribution in [3.05, 3.63) is 63.9 Å². The summed E-state index contributed by atoms with van der Waals surface area (Å²) in [7, 11) is 0. The van der Waals surface area contributed by atoms with Crippen LogP contribution in [-0.4, -0.2) is 21.8 Å². The lowest BCUT2D eigenvalue weighted by molar-refractivity contribution is 0.0684. The van der Waals surface area contributed by atoms with E-state index in [9.17, 15) is 4.79 Å². The lowest BCUT2D eigenvalue weighted by atomic mass is 10.1. The van der Waals surface area contributed by atoms with E-state index in [1.165, 1.54) is 6.20 Å². The molecule has 0 unspecified atom stereocenters. The largest absolute Gasteiger partial charge is 0.331 e. The second-order valence-corrected chi connectivity index (χ2v) is 5.89. The van der Waals surface area contributed by atoms with E-state index in [4.69, 9.17) is 23.2 Å². The normalized spacial score (nSPS) is 10.7. The van der Waals surface area contributed by atoms with Gasteiger partial charge in [-0.25, -0.2) is 0 Å². The number of pyridine rings is 1. The van der Waals surface area contributed by atoms with E-state index < -0.39 is 0 Å². The first-order valence-electron chi connectivity index (χ1n) is 6.64. The highest BCUT2D eigenvalue weighted by atomic mass is 35.5. The van der Waals surface area contributed by atoms with Gasteiger partial charge in [-0.1, -0.05) is 35.3 Å². The highest BCUT2D eigenvalue weighted by molar-refractivity contribution is 6.31. The van der Waals surface area contributed by atoms with Gasteiger partial charge in [-0.2, -0.15) is 0 Å². The van der Waals surface area contributed by atoms with E-state index in [2.05, 4.69) is 4.98 Å². The van der Waals surface area contributed by atoms with Gasteiger partial charge in [0.1, 0.15) is 5.69 Å². The number of carbonyl (C=O) groups is 1. The van der Waals surface area contributed by atoms with Gasteiger partial charge in [0.25, 0.3) is 5.91 Å². The predicted octanol–water partition coefficient (Wildman–Crippen LogP) is 4.44. The third-order valence-corrected chi connectivity index (χ3v) is 3.54. The molecular weight excluding hydrogens is 307 g/mol. The molecule has 1 aromatic carbocycles. The van der Waals surface area contributed by atoms with Crippen molar-refractivity contribution in [2.45, 2.75) is 26.4 Å². The molecule has 0 aliphatic rings. The predicted molar refractivity (Wildman–Crippen MR) is 85.7 cm³/mol. The van der Waals surface area contributed by atoms with Gasteiger partial charge in [-0.05, 0) is 43.7 Å². The van der Waals surface area contributed by atoms with Crippen molar-refractivity contribution in [3.8, 4) is 0 Å². The van der Waals surface area contributed by atoms with Crippen LogP contribution in [0.25, 0.3) is 0 Å². The van der Waals surface area contributed by atoms with Crippen molar-refractivity contribution in [2.24, 2.45) is 0 Å². The second-order valence-electron chi connectivity index (χ2n) is 5.02. The van der Waals surface area contributed by atoms with Gasteiger partial charge < -0.3 is 4.90 Å². The van der Waals surface area contributed by atoms with Crippen LogP contribution >= 0.6 is 23.2 Å². The summed E-state index contributed by atoms with van der Waals surface area (Å²) in [6.07, 6.45) is 1.54. The van der Waals surface area contributed by atoms with Gasteiger partial charge in [-0.3, -0.25) is 9.78 Å². The van der Waals surface area contributed by atoms with Crippen LogP contribution in [0.4, 0.5) is 0 Å². The van der Waals surface area contributed by atoms with E-state index in [1.807, 2.05) is 38.1 Å². The maximum Gasteiger partial charge on any atom is 0.273 e. The molecule has 2 aromatic rings. The number of benzene rings is 1. The molecule has 0 radical (unpaired) electrons. The van der Waals surface area contributed by atoms with E-state index in [0.29, 0.717) is 22.3 Å². The summed E-state index contributed by atoms with van der Waals surface area (Å²) < 4.78 is 0. The zero-order valence-electron chi connectivity index (χ0n) is 11.9. The minimum atomic E-state index is -0.146. The second kappa shape index (κ2) is 6.92. The van der Waals surface area contributed by atoms with Gasteiger partial charge in [0, 0.05) is 28.8 Å². The standard InChI is InChI=1S/C16H16Cl2N2O/c1-11(2)20(10-12-4-3-5-13(17)8-12)16(21)15-9-14(18)6-7-19-15/h3-9,11H,10H2,1-2H3. The summed E-state index contributed by atoms with van der Waals surface area (Å²) in [5, 5.41) is 1.16. The molecular formula is C16H16Cl2N2O. The maximum absolute atomic E-state index is 12.6. The van der Waals surface area contributed by atoms with Gasteiger partial charge in [-0.15, -0.1) is 0 Å². The number of rotatable bonds is 4. The minimum Gasteiger partial charge on any atom is -0.331 e. The first-order valence-corrected chi connectivity index (χ1v) is 7.40. The van der Waals surface area contributed by atoms with Gasteiger partial charge in [0.05, 0.1) is 0 Å². The average Bonchev–Trinajstić information content (AvgIpc) is 2.44. The van der Waals surface area contributed by atoms with E-state index in [-0.39, 0.29) is 11.9 Å². The zero-order chi connectivity index (χ0) is 15.4. The Morgan fingerprint density at radius 3 is 2.52 bits per heavy atom. The van der Waals surface area contributed by atoms with Crippen molar-refractivity contribution < 1.29 is 4.79 Å². The highest BCUT2D eigenvalue weighted by Crippen LogP contribution is 2.17. The molecule has 0 bridgehead atoms. The molecule has 1 aromatic heterocycles. The first-order chi connectivity index (χ1) is 9.97. The van der Waals surface area contributed by atoms with Crippen LogP contribution in [0.3, 0.4) is 0 Å². The molecule has 0 saturated carbocycles. The molecule has 3 nitrogen and oxygen atoms in total. The summed E-state index contributed by atoms with van der Waals surface area (Å²) in [6.45, 7) is 4.41. The van der Waals surface area contributed by atoms with E-state index in [0.717, 1.165) is 5.56 Å². The fourth-order valence-corrected chi connectivity index (χ4v) is 2.36. The number of carbonyl (C=O) groups excluding carboxylic acids is 1. The summed E-state index contributed by atoms with van der Waals surface area (Å²) >= 11 is 11.9. The zero-order valence-corrected chi connectivity index (χ0v) is 13.4. The van der Waals surface area contributed by atoms with Crippen LogP contribution in [-0.2, 0) is 6.54 Å². The molecule has 0 atom stereocenters. The molecule has 0 aliphatic carbocycles. The first kappa shape index (κ1) is 15.8. The molecule has 1 amide bonds. The Morgan fingerprint density at radius 1 is 1.19 bits per heavy atom. The van der Waals surface area contributed by atoms with E-state index in [1.54, 1.807) is 17.0 Å². The number of halogens is 2. The monoisotopic (exact) mass is 322 g/mol. The number of nitrogens with zero attached hydrogens (tertiary/aromatic N) is 2. The van der Waals surface area contributed by atoms with E-state index >= 15 is 0 Å². The van der Waals surface area contributed by atoms with Crippen molar-refractivity contribution in [2.75, 3.05) is 0 Å². The molecule has 0 N–H and O–H groups in total. The third kappa shape index (κ3) is 4.19.